The number of hydrogen-bond donors (Lipinski definition) is 3. The lowest BCUT2D eigenvalue weighted by atomic mass is 10.0. The molecule has 226 valence electrons. The standard InChI is InChI=1S/C31H27F2N5O5S/c32-31(33)23-4-2-1-3-21(23)22-10-18(5-6-24(22)31)28(40)36-14-27(39)38-16-30(42-7-8-43-30)11-26(38)29(41)35-12-20-9-19(15-44-20)25-13-34-17-37-25/h1-6,9-10,13,15,17,26H,7-8,11-12,14,16H2,(H,34,37)(H,35,41)(H,36,40). The molecule has 3 N–H and O–H groups in total. The fourth-order valence-electron chi connectivity index (χ4n) is 6.04. The van der Waals surface area contributed by atoms with E-state index in [2.05, 4.69) is 20.6 Å². The average Bonchev–Trinajstić information content (AvgIpc) is 3.87. The van der Waals surface area contributed by atoms with Gasteiger partial charge in [0.25, 0.3) is 11.8 Å². The highest BCUT2D eigenvalue weighted by molar-refractivity contribution is 7.10. The van der Waals surface area contributed by atoms with Crippen LogP contribution >= 0.6 is 11.3 Å². The number of halogens is 2. The molecule has 1 atom stereocenters. The van der Waals surface area contributed by atoms with E-state index in [4.69, 9.17) is 9.47 Å². The van der Waals surface area contributed by atoms with Gasteiger partial charge in [-0.15, -0.1) is 11.3 Å². The molecule has 3 aliphatic rings. The van der Waals surface area contributed by atoms with E-state index in [-0.39, 0.29) is 47.7 Å². The van der Waals surface area contributed by atoms with Crippen molar-refractivity contribution in [3.63, 3.8) is 0 Å². The van der Waals surface area contributed by atoms with Gasteiger partial charge < -0.3 is 30.0 Å². The Morgan fingerprint density at radius 1 is 1.05 bits per heavy atom. The summed E-state index contributed by atoms with van der Waals surface area (Å²) in [5.74, 6) is -5.70. The molecule has 1 unspecified atom stereocenters. The molecule has 0 radical (unpaired) electrons. The number of ether oxygens (including phenoxy) is 2. The molecular formula is C31H27F2N5O5S. The Kier molecular flexibility index (Phi) is 7.03. The maximum atomic E-state index is 14.9. The number of thiophene rings is 1. The Labute approximate surface area is 254 Å². The maximum absolute atomic E-state index is 14.9. The number of carbonyl (C=O) groups is 3. The van der Waals surface area contributed by atoms with Gasteiger partial charge in [-0.1, -0.05) is 30.3 Å². The van der Waals surface area contributed by atoms with Gasteiger partial charge in [0.05, 0.1) is 51.1 Å². The van der Waals surface area contributed by atoms with Crippen molar-refractivity contribution in [2.45, 2.75) is 30.7 Å². The van der Waals surface area contributed by atoms with Crippen molar-refractivity contribution >= 4 is 29.1 Å². The number of imidazole rings is 1. The minimum absolute atomic E-state index is 0.0352. The molecule has 2 fully saturated rings. The maximum Gasteiger partial charge on any atom is 0.299 e. The van der Waals surface area contributed by atoms with E-state index in [0.29, 0.717) is 18.8 Å². The van der Waals surface area contributed by atoms with Gasteiger partial charge in [0.15, 0.2) is 5.79 Å². The topological polar surface area (TPSA) is 126 Å². The first-order valence-electron chi connectivity index (χ1n) is 14.1. The second kappa shape index (κ2) is 10.9. The molecule has 4 heterocycles. The van der Waals surface area contributed by atoms with Crippen molar-refractivity contribution < 1.29 is 32.6 Å². The number of likely N-dealkylation sites (tertiary alicyclic amines) is 1. The largest absolute Gasteiger partial charge is 0.349 e. The monoisotopic (exact) mass is 619 g/mol. The van der Waals surface area contributed by atoms with Crippen molar-refractivity contribution in [2.75, 3.05) is 26.3 Å². The van der Waals surface area contributed by atoms with Crippen molar-refractivity contribution in [3.05, 3.63) is 88.0 Å². The van der Waals surface area contributed by atoms with Crippen LogP contribution in [0.4, 0.5) is 8.78 Å². The summed E-state index contributed by atoms with van der Waals surface area (Å²) < 4.78 is 41.4. The number of fused-ring (bicyclic) bond motifs is 3. The van der Waals surface area contributed by atoms with Gasteiger partial charge in [0.2, 0.25) is 11.8 Å². The van der Waals surface area contributed by atoms with Gasteiger partial charge in [0, 0.05) is 38.9 Å². The van der Waals surface area contributed by atoms with Crippen molar-refractivity contribution in [1.29, 1.82) is 0 Å². The van der Waals surface area contributed by atoms with Crippen molar-refractivity contribution in [1.82, 2.24) is 25.5 Å². The molecule has 44 heavy (non-hydrogen) atoms. The summed E-state index contributed by atoms with van der Waals surface area (Å²) in [6, 6.07) is 11.3. The normalized spacial score (nSPS) is 19.1. The Bertz CT molecular complexity index is 1750. The van der Waals surface area contributed by atoms with Crippen LogP contribution in [0.15, 0.2) is 66.4 Å². The number of hydrogen-bond acceptors (Lipinski definition) is 7. The second-order valence-corrected chi connectivity index (χ2v) is 11.9. The molecule has 0 bridgehead atoms. The molecule has 4 aromatic rings. The highest BCUT2D eigenvalue weighted by atomic mass is 32.1. The zero-order valence-electron chi connectivity index (χ0n) is 23.3. The number of aromatic nitrogens is 2. The number of carbonyl (C=O) groups excluding carboxylic acids is 3. The summed E-state index contributed by atoms with van der Waals surface area (Å²) in [6.45, 7) is 0.592. The zero-order chi connectivity index (χ0) is 30.5. The molecule has 13 heteroatoms. The summed E-state index contributed by atoms with van der Waals surface area (Å²) in [7, 11) is 0. The highest BCUT2D eigenvalue weighted by Crippen LogP contribution is 2.51. The molecular weight excluding hydrogens is 592 g/mol. The summed E-state index contributed by atoms with van der Waals surface area (Å²) in [5, 5.41) is 7.46. The number of rotatable bonds is 7. The van der Waals surface area contributed by atoms with Crippen molar-refractivity contribution in [2.24, 2.45) is 0 Å². The SMILES string of the molecule is O=C(NCC(=O)N1CC2(CC1C(=O)NCc1cc(-c3cnc[nH]3)cs1)OCCO2)c1ccc2c(c1)-c1ccccc1C2(F)F. The van der Waals surface area contributed by atoms with Gasteiger partial charge in [0.1, 0.15) is 6.04 Å². The summed E-state index contributed by atoms with van der Waals surface area (Å²) in [6.07, 6.45) is 3.46. The number of H-pyrrole nitrogens is 1. The van der Waals surface area contributed by atoms with Crippen LogP contribution in [-0.2, 0) is 31.5 Å². The third kappa shape index (κ3) is 4.96. The first-order chi connectivity index (χ1) is 21.2. The van der Waals surface area contributed by atoms with E-state index >= 15 is 0 Å². The fourth-order valence-corrected chi connectivity index (χ4v) is 6.86. The molecule has 2 aromatic heterocycles. The number of alkyl halides is 2. The summed E-state index contributed by atoms with van der Waals surface area (Å²) >= 11 is 1.49. The predicted octanol–water partition coefficient (Wildman–Crippen LogP) is 3.65. The van der Waals surface area contributed by atoms with Gasteiger partial charge in [-0.05, 0) is 29.3 Å². The van der Waals surface area contributed by atoms with E-state index in [1.807, 2.05) is 11.4 Å². The molecule has 7 rings (SSSR count). The molecule has 3 amide bonds. The van der Waals surface area contributed by atoms with Crippen molar-refractivity contribution in [3.8, 4) is 22.4 Å². The lowest BCUT2D eigenvalue weighted by Gasteiger charge is -2.24. The molecule has 1 spiro atoms. The van der Waals surface area contributed by atoms with Crippen LogP contribution in [0.5, 0.6) is 0 Å². The van der Waals surface area contributed by atoms with E-state index in [1.54, 1.807) is 30.7 Å². The molecule has 2 aromatic carbocycles. The molecule has 2 aliphatic heterocycles. The second-order valence-electron chi connectivity index (χ2n) is 10.9. The van der Waals surface area contributed by atoms with Crippen LogP contribution in [0.3, 0.4) is 0 Å². The average molecular weight is 620 g/mol. The van der Waals surface area contributed by atoms with Gasteiger partial charge in [-0.3, -0.25) is 14.4 Å². The van der Waals surface area contributed by atoms with Gasteiger partial charge >= 0.3 is 0 Å². The molecule has 2 saturated heterocycles. The van der Waals surface area contributed by atoms with E-state index in [9.17, 15) is 23.2 Å². The zero-order valence-corrected chi connectivity index (χ0v) is 24.1. The molecule has 10 nitrogen and oxygen atoms in total. The Morgan fingerprint density at radius 2 is 1.84 bits per heavy atom. The minimum Gasteiger partial charge on any atom is -0.349 e. The number of nitrogens with one attached hydrogen (secondary N) is 3. The van der Waals surface area contributed by atoms with E-state index in [1.165, 1.54) is 40.5 Å². The van der Waals surface area contributed by atoms with Gasteiger partial charge in [-0.2, -0.15) is 8.78 Å². The first-order valence-corrected chi connectivity index (χ1v) is 14.9. The first kappa shape index (κ1) is 28.3. The number of amides is 3. The van der Waals surface area contributed by atoms with Crippen LogP contribution in [-0.4, -0.2) is 70.7 Å². The summed E-state index contributed by atoms with van der Waals surface area (Å²) in [5.41, 5.74) is 2.34. The third-order valence-corrected chi connectivity index (χ3v) is 9.14. The lowest BCUT2D eigenvalue weighted by Crippen LogP contribution is -2.49. The highest BCUT2D eigenvalue weighted by Gasteiger charge is 2.52. The summed E-state index contributed by atoms with van der Waals surface area (Å²) in [4.78, 5) is 49.2. The predicted molar refractivity (Wildman–Crippen MR) is 156 cm³/mol. The van der Waals surface area contributed by atoms with Crippen LogP contribution in [0, 0.1) is 0 Å². The smallest absolute Gasteiger partial charge is 0.299 e. The number of aromatic amines is 1. The third-order valence-electron chi connectivity index (χ3n) is 8.20. The number of nitrogens with zero attached hydrogens (tertiary/aromatic N) is 2. The number of benzene rings is 2. The molecule has 1 aliphatic carbocycles. The van der Waals surface area contributed by atoms with Gasteiger partial charge in [-0.25, -0.2) is 4.98 Å². The van der Waals surface area contributed by atoms with Crippen LogP contribution in [0.25, 0.3) is 22.4 Å². The Morgan fingerprint density at radius 3 is 2.64 bits per heavy atom. The van der Waals surface area contributed by atoms with Crippen LogP contribution in [0.1, 0.15) is 32.8 Å². The Balaban J connectivity index is 1.02. The lowest BCUT2D eigenvalue weighted by molar-refractivity contribution is -0.152. The fraction of sp³-hybridized carbons (Fsp3) is 0.290. The minimum atomic E-state index is -3.16. The van der Waals surface area contributed by atoms with Crippen LogP contribution < -0.4 is 10.6 Å². The Hall–Kier alpha value is -4.46. The van der Waals surface area contributed by atoms with Crippen LogP contribution in [0.2, 0.25) is 0 Å². The van der Waals surface area contributed by atoms with E-state index < -0.39 is 36.1 Å². The van der Waals surface area contributed by atoms with E-state index in [0.717, 1.165) is 16.1 Å². The quantitative estimate of drug-likeness (QED) is 0.290. The molecule has 0 saturated carbocycles.